The van der Waals surface area contributed by atoms with Crippen molar-refractivity contribution in [3.8, 4) is 5.75 Å². The molecule has 1 aromatic carbocycles. The van der Waals surface area contributed by atoms with Gasteiger partial charge in [0.25, 0.3) is 0 Å². The minimum atomic E-state index is 0.306. The maximum Gasteiger partial charge on any atom is 0.119 e. The van der Waals surface area contributed by atoms with Gasteiger partial charge in [-0.1, -0.05) is 32.4 Å². The van der Waals surface area contributed by atoms with Gasteiger partial charge in [-0.25, -0.2) is 0 Å². The molecule has 1 rings (SSSR count). The highest BCUT2D eigenvalue weighted by Gasteiger charge is 2.05. The van der Waals surface area contributed by atoms with Crippen LogP contribution in [0.1, 0.15) is 52.5 Å². The highest BCUT2D eigenvalue weighted by molar-refractivity contribution is 5.27. The predicted octanol–water partition coefficient (Wildman–Crippen LogP) is 4.18. The van der Waals surface area contributed by atoms with E-state index in [4.69, 9.17) is 4.74 Å². The number of ether oxygens (including phenoxy) is 1. The highest BCUT2D eigenvalue weighted by atomic mass is 16.5. The minimum Gasteiger partial charge on any atom is -0.491 e. The van der Waals surface area contributed by atoms with Crippen molar-refractivity contribution in [2.75, 3.05) is 6.54 Å². The second kappa shape index (κ2) is 8.98. The fourth-order valence-electron chi connectivity index (χ4n) is 2.22. The molecule has 2 nitrogen and oxygen atoms in total. The molecule has 2 atom stereocenters. The first kappa shape index (κ1) is 16.0. The van der Waals surface area contributed by atoms with Gasteiger partial charge < -0.3 is 10.1 Å². The first-order valence-corrected chi connectivity index (χ1v) is 7.64. The SMILES string of the molecule is CCCNC(C)Cc1ccc(OC(C)CCC)cc1. The Balaban J connectivity index is 2.42. The molecule has 0 aromatic heterocycles. The number of rotatable bonds is 9. The molecule has 0 radical (unpaired) electrons. The summed E-state index contributed by atoms with van der Waals surface area (Å²) in [6.07, 6.45) is 4.84. The second-order valence-corrected chi connectivity index (χ2v) is 5.42. The van der Waals surface area contributed by atoms with Gasteiger partial charge in [-0.3, -0.25) is 0 Å². The van der Waals surface area contributed by atoms with Crippen molar-refractivity contribution in [1.29, 1.82) is 0 Å². The summed E-state index contributed by atoms with van der Waals surface area (Å²) in [5.74, 6) is 0.985. The van der Waals surface area contributed by atoms with E-state index in [-0.39, 0.29) is 0 Å². The normalized spacial score (nSPS) is 14.1. The van der Waals surface area contributed by atoms with E-state index in [9.17, 15) is 0 Å². The highest BCUT2D eigenvalue weighted by Crippen LogP contribution is 2.16. The Bertz CT molecular complexity index is 334. The predicted molar refractivity (Wildman–Crippen MR) is 82.9 cm³/mol. The van der Waals surface area contributed by atoms with Gasteiger partial charge in [0.2, 0.25) is 0 Å². The van der Waals surface area contributed by atoms with Gasteiger partial charge in [-0.2, -0.15) is 0 Å². The van der Waals surface area contributed by atoms with Crippen molar-refractivity contribution >= 4 is 0 Å². The zero-order chi connectivity index (χ0) is 14.1. The molecule has 0 amide bonds. The van der Waals surface area contributed by atoms with Crippen LogP contribution in [-0.4, -0.2) is 18.7 Å². The van der Waals surface area contributed by atoms with Crippen molar-refractivity contribution in [2.45, 2.75) is 65.5 Å². The molecule has 0 heterocycles. The van der Waals surface area contributed by atoms with Crippen LogP contribution in [0.5, 0.6) is 5.75 Å². The Morgan fingerprint density at radius 3 is 2.32 bits per heavy atom. The van der Waals surface area contributed by atoms with Crippen LogP contribution in [0.15, 0.2) is 24.3 Å². The lowest BCUT2D eigenvalue weighted by Gasteiger charge is -2.15. The zero-order valence-electron chi connectivity index (χ0n) is 12.9. The summed E-state index contributed by atoms with van der Waals surface area (Å²) in [7, 11) is 0. The number of hydrogen-bond donors (Lipinski definition) is 1. The van der Waals surface area contributed by atoms with Gasteiger partial charge >= 0.3 is 0 Å². The van der Waals surface area contributed by atoms with Crippen LogP contribution in [0.25, 0.3) is 0 Å². The maximum atomic E-state index is 5.86. The molecule has 19 heavy (non-hydrogen) atoms. The van der Waals surface area contributed by atoms with Crippen LogP contribution in [0.4, 0.5) is 0 Å². The summed E-state index contributed by atoms with van der Waals surface area (Å²) in [6.45, 7) is 9.85. The van der Waals surface area contributed by atoms with Gasteiger partial charge in [0.05, 0.1) is 6.10 Å². The van der Waals surface area contributed by atoms with Crippen LogP contribution in [0.3, 0.4) is 0 Å². The van der Waals surface area contributed by atoms with Gasteiger partial charge in [-0.15, -0.1) is 0 Å². The summed E-state index contributed by atoms with van der Waals surface area (Å²) in [6, 6.07) is 9.07. The Kier molecular flexibility index (Phi) is 7.57. The molecule has 1 aromatic rings. The summed E-state index contributed by atoms with van der Waals surface area (Å²) in [5, 5.41) is 3.51. The standard InChI is InChI=1S/C17H29NO/c1-5-7-15(4)19-17-10-8-16(9-11-17)13-14(3)18-12-6-2/h8-11,14-15,18H,5-7,12-13H2,1-4H3. The van der Waals surface area contributed by atoms with Crippen LogP contribution in [0.2, 0.25) is 0 Å². The van der Waals surface area contributed by atoms with Crippen LogP contribution >= 0.6 is 0 Å². The molecular weight excluding hydrogens is 234 g/mol. The minimum absolute atomic E-state index is 0.306. The summed E-state index contributed by atoms with van der Waals surface area (Å²) < 4.78 is 5.86. The zero-order valence-corrected chi connectivity index (χ0v) is 12.9. The first-order chi connectivity index (χ1) is 9.15. The van der Waals surface area contributed by atoms with Crippen molar-refractivity contribution < 1.29 is 4.74 Å². The summed E-state index contributed by atoms with van der Waals surface area (Å²) in [5.41, 5.74) is 1.37. The molecule has 0 aliphatic heterocycles. The Labute approximate surface area is 118 Å². The molecule has 0 fully saturated rings. The monoisotopic (exact) mass is 263 g/mol. The Morgan fingerprint density at radius 1 is 1.05 bits per heavy atom. The molecule has 0 saturated carbocycles. The van der Waals surface area contributed by atoms with Crippen molar-refractivity contribution in [2.24, 2.45) is 0 Å². The summed E-state index contributed by atoms with van der Waals surface area (Å²) >= 11 is 0. The molecular formula is C17H29NO. The van der Waals surface area contributed by atoms with Gasteiger partial charge in [0, 0.05) is 6.04 Å². The van der Waals surface area contributed by atoms with Crippen molar-refractivity contribution in [3.63, 3.8) is 0 Å². The molecule has 0 bridgehead atoms. The number of benzene rings is 1. The molecule has 0 aliphatic rings. The molecule has 1 N–H and O–H groups in total. The second-order valence-electron chi connectivity index (χ2n) is 5.42. The summed E-state index contributed by atoms with van der Waals surface area (Å²) in [4.78, 5) is 0. The third-order valence-corrected chi connectivity index (χ3v) is 3.24. The Morgan fingerprint density at radius 2 is 1.74 bits per heavy atom. The third kappa shape index (κ3) is 6.63. The Hall–Kier alpha value is -1.02. The maximum absolute atomic E-state index is 5.86. The molecule has 2 unspecified atom stereocenters. The van der Waals surface area contributed by atoms with E-state index in [0.717, 1.165) is 25.1 Å². The van der Waals surface area contributed by atoms with E-state index in [1.54, 1.807) is 0 Å². The lowest BCUT2D eigenvalue weighted by atomic mass is 10.1. The fourth-order valence-corrected chi connectivity index (χ4v) is 2.22. The lowest BCUT2D eigenvalue weighted by Crippen LogP contribution is -2.28. The van der Waals surface area contributed by atoms with Crippen LogP contribution < -0.4 is 10.1 Å². The number of nitrogens with one attached hydrogen (secondary N) is 1. The van der Waals surface area contributed by atoms with E-state index in [2.05, 4.69) is 57.3 Å². The number of hydrogen-bond acceptors (Lipinski definition) is 2. The van der Waals surface area contributed by atoms with Gasteiger partial charge in [0.1, 0.15) is 5.75 Å². The van der Waals surface area contributed by atoms with Crippen LogP contribution in [-0.2, 0) is 6.42 Å². The smallest absolute Gasteiger partial charge is 0.119 e. The van der Waals surface area contributed by atoms with Crippen LogP contribution in [0, 0.1) is 0 Å². The van der Waals surface area contributed by atoms with Crippen molar-refractivity contribution in [3.05, 3.63) is 29.8 Å². The van der Waals surface area contributed by atoms with E-state index < -0.39 is 0 Å². The average Bonchev–Trinajstić information content (AvgIpc) is 2.39. The molecule has 0 spiro atoms. The van der Waals surface area contributed by atoms with Crippen molar-refractivity contribution in [1.82, 2.24) is 5.32 Å². The fraction of sp³-hybridized carbons (Fsp3) is 0.647. The van der Waals surface area contributed by atoms with E-state index in [0.29, 0.717) is 12.1 Å². The first-order valence-electron chi connectivity index (χ1n) is 7.64. The average molecular weight is 263 g/mol. The quantitative estimate of drug-likeness (QED) is 0.721. The molecule has 0 aliphatic carbocycles. The van der Waals surface area contributed by atoms with Gasteiger partial charge in [0.15, 0.2) is 0 Å². The molecule has 2 heteroatoms. The third-order valence-electron chi connectivity index (χ3n) is 3.24. The van der Waals surface area contributed by atoms with E-state index in [1.165, 1.54) is 18.4 Å². The lowest BCUT2D eigenvalue weighted by molar-refractivity contribution is 0.210. The molecule has 108 valence electrons. The van der Waals surface area contributed by atoms with E-state index in [1.807, 2.05) is 0 Å². The molecule has 0 saturated heterocycles. The largest absolute Gasteiger partial charge is 0.491 e. The van der Waals surface area contributed by atoms with E-state index >= 15 is 0 Å². The topological polar surface area (TPSA) is 21.3 Å². The van der Waals surface area contributed by atoms with Gasteiger partial charge in [-0.05, 0) is 57.4 Å².